The highest BCUT2D eigenvalue weighted by Gasteiger charge is 2.27. The molecule has 0 spiro atoms. The predicted octanol–water partition coefficient (Wildman–Crippen LogP) is 2.50. The summed E-state index contributed by atoms with van der Waals surface area (Å²) in [6, 6.07) is 11.8. The van der Waals surface area contributed by atoms with Crippen LogP contribution in [0.2, 0.25) is 0 Å². The van der Waals surface area contributed by atoms with Gasteiger partial charge < -0.3 is 10.3 Å². The van der Waals surface area contributed by atoms with E-state index in [1.165, 1.54) is 12.1 Å². The third-order valence-electron chi connectivity index (χ3n) is 3.53. The molecule has 21 heavy (non-hydrogen) atoms. The van der Waals surface area contributed by atoms with Gasteiger partial charge in [0.25, 0.3) is 0 Å². The van der Waals surface area contributed by atoms with Gasteiger partial charge in [0.1, 0.15) is 11.5 Å². The van der Waals surface area contributed by atoms with Crippen molar-refractivity contribution < 1.29 is 15.1 Å². The number of rotatable bonds is 1. The van der Waals surface area contributed by atoms with Crippen LogP contribution in [0.3, 0.4) is 0 Å². The first kappa shape index (κ1) is 12.9. The summed E-state index contributed by atoms with van der Waals surface area (Å²) in [4.78, 5) is 12.0. The van der Waals surface area contributed by atoms with Gasteiger partial charge in [-0.25, -0.2) is 0 Å². The van der Waals surface area contributed by atoms with Gasteiger partial charge in [-0.2, -0.15) is 5.26 Å². The van der Waals surface area contributed by atoms with E-state index in [-0.39, 0.29) is 17.2 Å². The van der Waals surface area contributed by atoms with E-state index < -0.39 is 0 Å². The maximum atomic E-state index is 12.0. The largest absolute Gasteiger partial charge is 0.508 e. The number of nitriles is 1. The van der Waals surface area contributed by atoms with Crippen LogP contribution in [-0.2, 0) is 6.42 Å². The molecule has 0 atom stereocenters. The fourth-order valence-corrected chi connectivity index (χ4v) is 2.48. The Morgan fingerprint density at radius 2 is 1.95 bits per heavy atom. The van der Waals surface area contributed by atoms with Crippen molar-refractivity contribution in [2.75, 3.05) is 0 Å². The summed E-state index contributed by atoms with van der Waals surface area (Å²) in [5.74, 6) is -0.283. The summed E-state index contributed by atoms with van der Waals surface area (Å²) in [5.41, 5.74) is 3.08. The number of carbonyl (C=O) groups excluding carboxylic acids is 1. The number of oxime groups is 1. The summed E-state index contributed by atoms with van der Waals surface area (Å²) < 4.78 is 0. The van der Waals surface area contributed by atoms with Crippen LogP contribution in [0.15, 0.2) is 41.6 Å². The summed E-state index contributed by atoms with van der Waals surface area (Å²) in [7, 11) is 0. The highest BCUT2D eigenvalue weighted by atomic mass is 16.4. The van der Waals surface area contributed by atoms with Crippen LogP contribution in [-0.4, -0.2) is 21.8 Å². The second-order valence-corrected chi connectivity index (χ2v) is 4.77. The molecule has 2 N–H and O–H groups in total. The molecule has 0 unspecified atom stereocenters. The zero-order valence-corrected chi connectivity index (χ0v) is 10.9. The van der Waals surface area contributed by atoms with Crippen molar-refractivity contribution >= 4 is 11.5 Å². The molecular weight excluding hydrogens is 268 g/mol. The number of carbonyl (C=O) groups is 1. The molecule has 3 rings (SSSR count). The molecule has 1 aliphatic carbocycles. The molecular formula is C16H10N2O3. The summed E-state index contributed by atoms with van der Waals surface area (Å²) in [5, 5.41) is 30.4. The summed E-state index contributed by atoms with van der Waals surface area (Å²) in [6.07, 6.45) is 0.311. The fourth-order valence-electron chi connectivity index (χ4n) is 2.48. The number of phenolic OH excluding ortho intramolecular Hbond substituents is 1. The standard InChI is InChI=1S/C16H10N2O3/c17-8-11-5-12(19)3-4-13(11)9-1-2-10-7-15(18-21)16(20)14(10)6-9/h1-6,19,21H,7H2/b18-15+. The Bertz CT molecular complexity index is 832. The van der Waals surface area contributed by atoms with Gasteiger partial charge in [-0.3, -0.25) is 4.79 Å². The lowest BCUT2D eigenvalue weighted by Gasteiger charge is -2.06. The van der Waals surface area contributed by atoms with Gasteiger partial charge in [-0.15, -0.1) is 0 Å². The van der Waals surface area contributed by atoms with E-state index in [1.54, 1.807) is 24.3 Å². The quantitative estimate of drug-likeness (QED) is 0.619. The Morgan fingerprint density at radius 1 is 1.14 bits per heavy atom. The van der Waals surface area contributed by atoms with Crippen molar-refractivity contribution in [2.24, 2.45) is 5.16 Å². The van der Waals surface area contributed by atoms with Crippen LogP contribution in [0, 0.1) is 11.3 Å². The Kier molecular flexibility index (Phi) is 2.92. The average Bonchev–Trinajstić information content (AvgIpc) is 2.83. The first-order valence-corrected chi connectivity index (χ1v) is 6.26. The van der Waals surface area contributed by atoms with Crippen molar-refractivity contribution in [1.29, 1.82) is 5.26 Å². The Morgan fingerprint density at radius 3 is 2.67 bits per heavy atom. The van der Waals surface area contributed by atoms with E-state index in [9.17, 15) is 9.90 Å². The fraction of sp³-hybridized carbons (Fsp3) is 0.0625. The van der Waals surface area contributed by atoms with Crippen LogP contribution in [0.4, 0.5) is 0 Å². The van der Waals surface area contributed by atoms with E-state index in [4.69, 9.17) is 10.5 Å². The Balaban J connectivity index is 2.14. The number of fused-ring (bicyclic) bond motifs is 1. The molecule has 0 saturated heterocycles. The summed E-state index contributed by atoms with van der Waals surface area (Å²) in [6.45, 7) is 0. The van der Waals surface area contributed by atoms with Crippen molar-refractivity contribution in [3.8, 4) is 22.9 Å². The maximum Gasteiger partial charge on any atom is 0.211 e. The lowest BCUT2D eigenvalue weighted by molar-refractivity contribution is 0.106. The molecule has 5 nitrogen and oxygen atoms in total. The Hall–Kier alpha value is -3.13. The lowest BCUT2D eigenvalue weighted by atomic mass is 9.97. The number of ketones is 1. The average molecular weight is 278 g/mol. The second kappa shape index (κ2) is 4.76. The number of hydrogen-bond acceptors (Lipinski definition) is 5. The molecule has 2 aromatic rings. The predicted molar refractivity (Wildman–Crippen MR) is 75.5 cm³/mol. The minimum Gasteiger partial charge on any atom is -0.508 e. The van der Waals surface area contributed by atoms with Crippen molar-refractivity contribution in [3.63, 3.8) is 0 Å². The molecule has 0 bridgehead atoms. The molecule has 102 valence electrons. The molecule has 0 aliphatic heterocycles. The number of aromatic hydroxyl groups is 1. The van der Waals surface area contributed by atoms with Gasteiger partial charge in [0.2, 0.25) is 5.78 Å². The highest BCUT2D eigenvalue weighted by molar-refractivity contribution is 6.49. The number of nitrogens with zero attached hydrogens (tertiary/aromatic N) is 2. The minimum atomic E-state index is -0.299. The smallest absolute Gasteiger partial charge is 0.211 e. The van der Waals surface area contributed by atoms with Gasteiger partial charge in [-0.05, 0) is 41.0 Å². The number of phenols is 1. The van der Waals surface area contributed by atoms with E-state index in [1.807, 2.05) is 6.07 Å². The lowest BCUT2D eigenvalue weighted by Crippen LogP contribution is -2.06. The van der Waals surface area contributed by atoms with Crippen LogP contribution in [0.25, 0.3) is 11.1 Å². The molecule has 0 saturated carbocycles. The maximum absolute atomic E-state index is 12.0. The van der Waals surface area contributed by atoms with Gasteiger partial charge in [-0.1, -0.05) is 17.3 Å². The van der Waals surface area contributed by atoms with E-state index in [0.29, 0.717) is 28.7 Å². The number of benzene rings is 2. The normalized spacial score (nSPS) is 15.0. The summed E-state index contributed by atoms with van der Waals surface area (Å²) >= 11 is 0. The molecule has 1 aliphatic rings. The molecule has 2 aromatic carbocycles. The third kappa shape index (κ3) is 2.03. The molecule has 0 aromatic heterocycles. The van der Waals surface area contributed by atoms with Gasteiger partial charge in [0.15, 0.2) is 0 Å². The van der Waals surface area contributed by atoms with Crippen LogP contribution in [0.5, 0.6) is 5.75 Å². The van der Waals surface area contributed by atoms with Crippen LogP contribution >= 0.6 is 0 Å². The van der Waals surface area contributed by atoms with Crippen molar-refractivity contribution in [3.05, 3.63) is 53.1 Å². The molecule has 5 heteroatoms. The van der Waals surface area contributed by atoms with Gasteiger partial charge >= 0.3 is 0 Å². The molecule has 0 fully saturated rings. The zero-order valence-electron chi connectivity index (χ0n) is 10.9. The molecule has 0 heterocycles. The van der Waals surface area contributed by atoms with E-state index in [2.05, 4.69) is 5.16 Å². The third-order valence-corrected chi connectivity index (χ3v) is 3.53. The molecule has 0 amide bonds. The SMILES string of the molecule is N#Cc1cc(O)ccc1-c1ccc2c(c1)C(=O)/C(=N/O)C2. The number of Topliss-reactive ketones (excluding diaryl/α,β-unsaturated/α-hetero) is 1. The minimum absolute atomic E-state index is 0.0160. The zero-order chi connectivity index (χ0) is 15.0. The number of hydrogen-bond donors (Lipinski definition) is 2. The van der Waals surface area contributed by atoms with Gasteiger partial charge in [0.05, 0.1) is 11.6 Å². The highest BCUT2D eigenvalue weighted by Crippen LogP contribution is 2.30. The van der Waals surface area contributed by atoms with Gasteiger partial charge in [0, 0.05) is 12.0 Å². The second-order valence-electron chi connectivity index (χ2n) is 4.77. The Labute approximate surface area is 120 Å². The van der Waals surface area contributed by atoms with E-state index in [0.717, 1.165) is 5.56 Å². The first-order valence-electron chi connectivity index (χ1n) is 6.26. The first-order chi connectivity index (χ1) is 10.1. The van der Waals surface area contributed by atoms with Crippen molar-refractivity contribution in [1.82, 2.24) is 0 Å². The van der Waals surface area contributed by atoms with Crippen LogP contribution < -0.4 is 0 Å². The van der Waals surface area contributed by atoms with Crippen molar-refractivity contribution in [2.45, 2.75) is 6.42 Å². The molecule has 0 radical (unpaired) electrons. The van der Waals surface area contributed by atoms with Crippen LogP contribution in [0.1, 0.15) is 21.5 Å². The topological polar surface area (TPSA) is 93.7 Å². The monoisotopic (exact) mass is 278 g/mol. The van der Waals surface area contributed by atoms with E-state index >= 15 is 0 Å².